The molecular weight excluding hydrogens is 278 g/mol. The van der Waals surface area contributed by atoms with Gasteiger partial charge in [0.1, 0.15) is 18.9 Å². The summed E-state index contributed by atoms with van der Waals surface area (Å²) < 4.78 is 0. The molecule has 4 nitrogen and oxygen atoms in total. The lowest BCUT2D eigenvalue weighted by Crippen LogP contribution is -2.51. The number of nitrogens with zero attached hydrogens (tertiary/aromatic N) is 1. The first-order chi connectivity index (χ1) is 10.7. The molecular formula is C18H33NO3. The predicted molar refractivity (Wildman–Crippen MR) is 90.0 cm³/mol. The fourth-order valence-electron chi connectivity index (χ4n) is 2.84. The second-order valence-corrected chi connectivity index (χ2v) is 5.98. The lowest BCUT2D eigenvalue weighted by molar-refractivity contribution is -0.124. The summed E-state index contributed by atoms with van der Waals surface area (Å²) in [6.45, 7) is 6.23. The molecule has 22 heavy (non-hydrogen) atoms. The standard InChI is InChI=1S/C18H33NO3/c1-4-7-10-16(13-20)19(17(14-21)11-8-5-2)18(15-22)12-9-6-3/h13-18H,4-12H2,1-3H3. The van der Waals surface area contributed by atoms with Crippen LogP contribution in [0.2, 0.25) is 0 Å². The second kappa shape index (κ2) is 13.6. The Labute approximate surface area is 135 Å². The van der Waals surface area contributed by atoms with Gasteiger partial charge >= 0.3 is 0 Å². The molecule has 0 aliphatic carbocycles. The van der Waals surface area contributed by atoms with Crippen LogP contribution >= 0.6 is 0 Å². The first-order valence-electron chi connectivity index (χ1n) is 8.83. The molecule has 0 radical (unpaired) electrons. The van der Waals surface area contributed by atoms with Crippen LogP contribution in [0.4, 0.5) is 0 Å². The minimum atomic E-state index is -0.334. The third-order valence-corrected chi connectivity index (χ3v) is 4.18. The number of hydrogen-bond acceptors (Lipinski definition) is 4. The van der Waals surface area contributed by atoms with Crippen molar-refractivity contribution in [3.05, 3.63) is 0 Å². The van der Waals surface area contributed by atoms with Gasteiger partial charge in [0.2, 0.25) is 0 Å². The van der Waals surface area contributed by atoms with Crippen LogP contribution in [-0.2, 0) is 14.4 Å². The van der Waals surface area contributed by atoms with E-state index in [1.807, 2.05) is 4.90 Å². The van der Waals surface area contributed by atoms with Crippen molar-refractivity contribution in [2.75, 3.05) is 0 Å². The zero-order valence-corrected chi connectivity index (χ0v) is 14.5. The maximum atomic E-state index is 11.6. The van der Waals surface area contributed by atoms with Crippen LogP contribution in [0.3, 0.4) is 0 Å². The third kappa shape index (κ3) is 7.30. The average molecular weight is 311 g/mol. The average Bonchev–Trinajstić information content (AvgIpc) is 2.55. The van der Waals surface area contributed by atoms with Crippen molar-refractivity contribution in [3.63, 3.8) is 0 Å². The van der Waals surface area contributed by atoms with E-state index in [9.17, 15) is 14.4 Å². The van der Waals surface area contributed by atoms with E-state index in [-0.39, 0.29) is 18.1 Å². The summed E-state index contributed by atoms with van der Waals surface area (Å²) in [5, 5.41) is 0. The Morgan fingerprint density at radius 1 is 0.636 bits per heavy atom. The van der Waals surface area contributed by atoms with Gasteiger partial charge in [-0.25, -0.2) is 0 Å². The molecule has 0 N–H and O–H groups in total. The molecule has 3 unspecified atom stereocenters. The van der Waals surface area contributed by atoms with Gasteiger partial charge in [0.05, 0.1) is 18.1 Å². The topological polar surface area (TPSA) is 54.5 Å². The predicted octanol–water partition coefficient (Wildman–Crippen LogP) is 3.56. The Balaban J connectivity index is 5.24. The van der Waals surface area contributed by atoms with Crippen LogP contribution in [0, 0.1) is 0 Å². The summed E-state index contributed by atoms with van der Waals surface area (Å²) in [5.74, 6) is 0. The highest BCUT2D eigenvalue weighted by Gasteiger charge is 2.31. The Bertz CT molecular complexity index is 259. The summed E-state index contributed by atoms with van der Waals surface area (Å²) in [5.41, 5.74) is 0. The van der Waals surface area contributed by atoms with Crippen molar-refractivity contribution in [2.45, 2.75) is 96.7 Å². The maximum Gasteiger partial charge on any atom is 0.137 e. The van der Waals surface area contributed by atoms with E-state index >= 15 is 0 Å². The van der Waals surface area contributed by atoms with Crippen molar-refractivity contribution in [2.24, 2.45) is 0 Å². The zero-order chi connectivity index (χ0) is 16.8. The van der Waals surface area contributed by atoms with Gasteiger partial charge in [0.15, 0.2) is 0 Å². The molecule has 0 heterocycles. The summed E-state index contributed by atoms with van der Waals surface area (Å²) in [7, 11) is 0. The minimum Gasteiger partial charge on any atom is -0.302 e. The van der Waals surface area contributed by atoms with Gasteiger partial charge in [0.25, 0.3) is 0 Å². The van der Waals surface area contributed by atoms with Crippen LogP contribution in [-0.4, -0.2) is 41.9 Å². The molecule has 0 aliphatic heterocycles. The highest BCUT2D eigenvalue weighted by molar-refractivity contribution is 5.66. The van der Waals surface area contributed by atoms with Gasteiger partial charge in [-0.1, -0.05) is 59.3 Å². The van der Waals surface area contributed by atoms with Gasteiger partial charge in [-0.15, -0.1) is 0 Å². The quantitative estimate of drug-likeness (QED) is 0.434. The molecule has 128 valence electrons. The van der Waals surface area contributed by atoms with Gasteiger partial charge < -0.3 is 14.4 Å². The van der Waals surface area contributed by atoms with Gasteiger partial charge in [0, 0.05) is 0 Å². The van der Waals surface area contributed by atoms with Crippen LogP contribution in [0.25, 0.3) is 0 Å². The second-order valence-electron chi connectivity index (χ2n) is 5.98. The third-order valence-electron chi connectivity index (χ3n) is 4.18. The number of hydrogen-bond donors (Lipinski definition) is 0. The number of aldehydes is 3. The van der Waals surface area contributed by atoms with Crippen LogP contribution < -0.4 is 0 Å². The molecule has 0 spiro atoms. The van der Waals surface area contributed by atoms with Gasteiger partial charge in [-0.05, 0) is 19.3 Å². The monoisotopic (exact) mass is 311 g/mol. The molecule has 0 saturated carbocycles. The lowest BCUT2D eigenvalue weighted by atomic mass is 9.98. The normalized spacial score (nSPS) is 15.3. The molecule has 0 saturated heterocycles. The van der Waals surface area contributed by atoms with E-state index in [1.165, 1.54) is 0 Å². The summed E-state index contributed by atoms with van der Waals surface area (Å²) in [4.78, 5) is 36.6. The highest BCUT2D eigenvalue weighted by atomic mass is 16.1. The molecule has 0 fully saturated rings. The molecule has 0 aromatic heterocycles. The highest BCUT2D eigenvalue weighted by Crippen LogP contribution is 2.20. The zero-order valence-electron chi connectivity index (χ0n) is 14.5. The maximum absolute atomic E-state index is 11.6. The molecule has 0 amide bonds. The van der Waals surface area contributed by atoms with E-state index < -0.39 is 0 Å². The fraction of sp³-hybridized carbons (Fsp3) is 0.833. The Hall–Kier alpha value is -1.03. The molecule has 0 aliphatic rings. The van der Waals surface area contributed by atoms with E-state index in [1.54, 1.807) is 0 Å². The van der Waals surface area contributed by atoms with Gasteiger partial charge in [-0.2, -0.15) is 0 Å². The van der Waals surface area contributed by atoms with E-state index in [0.717, 1.165) is 57.4 Å². The molecule has 4 heteroatoms. The summed E-state index contributed by atoms with van der Waals surface area (Å²) >= 11 is 0. The lowest BCUT2D eigenvalue weighted by Gasteiger charge is -2.37. The van der Waals surface area contributed by atoms with E-state index in [4.69, 9.17) is 0 Å². The van der Waals surface area contributed by atoms with Crippen LogP contribution in [0.5, 0.6) is 0 Å². The Morgan fingerprint density at radius 2 is 0.909 bits per heavy atom. The fourth-order valence-corrected chi connectivity index (χ4v) is 2.84. The van der Waals surface area contributed by atoms with Crippen molar-refractivity contribution in [1.82, 2.24) is 4.90 Å². The van der Waals surface area contributed by atoms with Crippen LogP contribution in [0.15, 0.2) is 0 Å². The molecule has 0 aromatic rings. The number of rotatable bonds is 15. The molecule has 0 rings (SSSR count). The SMILES string of the molecule is CCCCC(C=O)N(C(C=O)CCCC)C(C=O)CCCC. The Morgan fingerprint density at radius 3 is 1.09 bits per heavy atom. The first kappa shape index (κ1) is 21.0. The number of unbranched alkanes of at least 4 members (excludes halogenated alkanes) is 3. The Kier molecular flexibility index (Phi) is 13.0. The van der Waals surface area contributed by atoms with Crippen molar-refractivity contribution in [3.8, 4) is 0 Å². The number of carbonyl (C=O) groups excluding carboxylic acids is 3. The minimum absolute atomic E-state index is 0.334. The van der Waals surface area contributed by atoms with Gasteiger partial charge in [-0.3, -0.25) is 4.90 Å². The first-order valence-corrected chi connectivity index (χ1v) is 8.83. The van der Waals surface area contributed by atoms with E-state index in [2.05, 4.69) is 20.8 Å². The molecule has 0 bridgehead atoms. The molecule has 0 aromatic carbocycles. The molecule has 3 atom stereocenters. The van der Waals surface area contributed by atoms with Crippen LogP contribution in [0.1, 0.15) is 78.6 Å². The van der Waals surface area contributed by atoms with E-state index in [0.29, 0.717) is 19.3 Å². The van der Waals surface area contributed by atoms with Crippen molar-refractivity contribution >= 4 is 18.9 Å². The summed E-state index contributed by atoms with van der Waals surface area (Å²) in [6, 6.07) is -1.00. The smallest absolute Gasteiger partial charge is 0.137 e. The largest absolute Gasteiger partial charge is 0.302 e. The van der Waals surface area contributed by atoms with Crippen molar-refractivity contribution in [1.29, 1.82) is 0 Å². The van der Waals surface area contributed by atoms with Crippen molar-refractivity contribution < 1.29 is 14.4 Å². The number of carbonyl (C=O) groups is 3. The summed E-state index contributed by atoms with van der Waals surface area (Å²) in [6.07, 6.45) is 10.7.